The summed E-state index contributed by atoms with van der Waals surface area (Å²) in [5, 5.41) is 11.1. The van der Waals surface area contributed by atoms with Crippen LogP contribution in [0.1, 0.15) is 27.7 Å². The smallest absolute Gasteiger partial charge is 0.303 e. The van der Waals surface area contributed by atoms with Crippen LogP contribution in [0.15, 0.2) is 35.5 Å². The summed E-state index contributed by atoms with van der Waals surface area (Å²) >= 11 is 1.05. The molecule has 13 nitrogen and oxygen atoms in total. The molecule has 0 bridgehead atoms. The lowest BCUT2D eigenvalue weighted by atomic mass is 9.97. The molecule has 1 saturated heterocycles. The number of hydrogen-bond donors (Lipinski definition) is 3. The molecule has 4 rings (SSSR count). The van der Waals surface area contributed by atoms with Crippen molar-refractivity contribution in [3.05, 3.63) is 30.3 Å². The van der Waals surface area contributed by atoms with Crippen LogP contribution in [0, 0.1) is 0 Å². The van der Waals surface area contributed by atoms with Crippen molar-refractivity contribution in [2.45, 2.75) is 62.6 Å². The number of benzene rings is 1. The lowest BCUT2D eigenvalue weighted by Gasteiger charge is -2.44. The third-order valence-corrected chi connectivity index (χ3v) is 6.57. The maximum atomic E-state index is 12.1. The van der Waals surface area contributed by atoms with E-state index < -0.39 is 53.6 Å². The van der Waals surface area contributed by atoms with Crippen molar-refractivity contribution in [1.29, 1.82) is 0 Å². The Hall–Kier alpha value is -3.91. The number of esters is 3. The number of rotatable bonds is 8. The first kappa shape index (κ1) is 27.1. The minimum absolute atomic E-state index is 0.276. The topological polar surface area (TPSA) is 175 Å². The predicted molar refractivity (Wildman–Crippen MR) is 134 cm³/mol. The third kappa shape index (κ3) is 6.50. The van der Waals surface area contributed by atoms with Crippen LogP contribution in [0.4, 0.5) is 0 Å². The number of thioether (sulfide) groups is 1. The van der Waals surface area contributed by atoms with Crippen molar-refractivity contribution in [3.8, 4) is 11.5 Å². The number of carbonyl (C=O) groups excluding carboxylic acids is 4. The average molecular weight is 546 g/mol. The Morgan fingerprint density at radius 3 is 2.39 bits per heavy atom. The zero-order chi connectivity index (χ0) is 27.4. The number of amides is 1. The monoisotopic (exact) mass is 545 g/mol. The summed E-state index contributed by atoms with van der Waals surface area (Å²) < 4.78 is 22.2. The third-order valence-electron chi connectivity index (χ3n) is 5.54. The standard InChI is InChI=1S/C24H27N5O8S/c1-11(30)25-19-21(36-14(4)33)20(35-13(3)32)18(10-34-12(2)31)37-23(19)38-24-27-22(28-29-24)17-9-15-7-5-6-8-16(15)26-17/h5-9,18-21,23,26H,10H2,1-4H3,(H,25,30)(H,27,28,29)/t18-,19-,20-,21-,23+/m1/s1. The minimum atomic E-state index is -1.17. The highest BCUT2D eigenvalue weighted by Gasteiger charge is 2.51. The van der Waals surface area contributed by atoms with E-state index in [-0.39, 0.29) is 11.8 Å². The van der Waals surface area contributed by atoms with Crippen LogP contribution in [0.2, 0.25) is 0 Å². The Balaban J connectivity index is 1.64. The van der Waals surface area contributed by atoms with Gasteiger partial charge in [0.2, 0.25) is 11.1 Å². The number of ether oxygens (including phenoxy) is 4. The first-order chi connectivity index (χ1) is 18.1. The molecule has 5 atom stereocenters. The Labute approximate surface area is 221 Å². The number of nitrogens with zero attached hydrogens (tertiary/aromatic N) is 2. The number of nitrogens with one attached hydrogen (secondary N) is 3. The van der Waals surface area contributed by atoms with E-state index in [1.54, 1.807) is 0 Å². The van der Waals surface area contributed by atoms with E-state index in [1.165, 1.54) is 27.7 Å². The van der Waals surface area contributed by atoms with Crippen molar-refractivity contribution in [3.63, 3.8) is 0 Å². The highest BCUT2D eigenvalue weighted by atomic mass is 32.2. The van der Waals surface area contributed by atoms with Crippen LogP contribution in [0.5, 0.6) is 0 Å². The summed E-state index contributed by atoms with van der Waals surface area (Å²) in [4.78, 5) is 55.3. The van der Waals surface area contributed by atoms with E-state index in [2.05, 4.69) is 25.5 Å². The van der Waals surface area contributed by atoms with Gasteiger partial charge in [-0.3, -0.25) is 24.3 Å². The number of aromatic nitrogens is 4. The molecule has 0 spiro atoms. The van der Waals surface area contributed by atoms with E-state index in [9.17, 15) is 19.2 Å². The van der Waals surface area contributed by atoms with Crippen LogP contribution in [0.3, 0.4) is 0 Å². The van der Waals surface area contributed by atoms with E-state index >= 15 is 0 Å². The molecule has 2 aromatic heterocycles. The first-order valence-electron chi connectivity index (χ1n) is 11.7. The predicted octanol–water partition coefficient (Wildman–Crippen LogP) is 1.70. The summed E-state index contributed by atoms with van der Waals surface area (Å²) in [6, 6.07) is 8.72. The molecule has 3 heterocycles. The number of carbonyl (C=O) groups is 4. The molecule has 3 aromatic rings. The summed E-state index contributed by atoms with van der Waals surface area (Å²) in [5.41, 5.74) is 0.736. The number of para-hydroxylation sites is 1. The second-order valence-corrected chi connectivity index (χ2v) is 9.64. The lowest BCUT2D eigenvalue weighted by molar-refractivity contribution is -0.211. The molecule has 0 unspecified atom stereocenters. The first-order valence-corrected chi connectivity index (χ1v) is 12.6. The molecule has 14 heteroatoms. The van der Waals surface area contributed by atoms with E-state index in [1.807, 2.05) is 30.3 Å². The van der Waals surface area contributed by atoms with Gasteiger partial charge in [-0.25, -0.2) is 0 Å². The van der Waals surface area contributed by atoms with Crippen LogP contribution in [0.25, 0.3) is 22.4 Å². The Morgan fingerprint density at radius 2 is 1.74 bits per heavy atom. The van der Waals surface area contributed by atoms with Crippen molar-refractivity contribution in [2.24, 2.45) is 0 Å². The summed E-state index contributed by atoms with van der Waals surface area (Å²) in [6.45, 7) is 4.60. The van der Waals surface area contributed by atoms with Gasteiger partial charge in [-0.2, -0.15) is 4.98 Å². The van der Waals surface area contributed by atoms with Crippen LogP contribution >= 0.6 is 11.8 Å². The molecular weight excluding hydrogens is 518 g/mol. The van der Waals surface area contributed by atoms with Gasteiger partial charge < -0.3 is 29.2 Å². The fourth-order valence-electron chi connectivity index (χ4n) is 4.12. The zero-order valence-electron chi connectivity index (χ0n) is 21.0. The second kappa shape index (κ2) is 11.6. The lowest BCUT2D eigenvalue weighted by Crippen LogP contribution is -2.65. The number of aromatic amines is 2. The highest BCUT2D eigenvalue weighted by molar-refractivity contribution is 7.99. The van der Waals surface area contributed by atoms with E-state index in [0.717, 1.165) is 22.7 Å². The van der Waals surface area contributed by atoms with Crippen LogP contribution in [-0.2, 0) is 38.1 Å². The van der Waals surface area contributed by atoms with Crippen LogP contribution in [-0.4, -0.2) is 80.4 Å². The summed E-state index contributed by atoms with van der Waals surface area (Å²) in [5.74, 6) is -1.88. The minimum Gasteiger partial charge on any atom is -0.463 e. The molecule has 1 aromatic carbocycles. The van der Waals surface area contributed by atoms with Crippen molar-refractivity contribution in [2.75, 3.05) is 6.61 Å². The molecule has 3 N–H and O–H groups in total. The average Bonchev–Trinajstić information content (AvgIpc) is 3.47. The molecule has 38 heavy (non-hydrogen) atoms. The van der Waals surface area contributed by atoms with Crippen molar-refractivity contribution in [1.82, 2.24) is 25.5 Å². The fourth-order valence-corrected chi connectivity index (χ4v) is 5.13. The molecule has 0 saturated carbocycles. The van der Waals surface area contributed by atoms with Gasteiger partial charge in [-0.1, -0.05) is 30.0 Å². The Morgan fingerprint density at radius 1 is 1.03 bits per heavy atom. The molecule has 1 fully saturated rings. The van der Waals surface area contributed by atoms with Gasteiger partial charge in [0, 0.05) is 38.6 Å². The number of hydrogen-bond acceptors (Lipinski definition) is 11. The second-order valence-electron chi connectivity index (χ2n) is 8.57. The quantitative estimate of drug-likeness (QED) is 0.277. The number of H-pyrrole nitrogens is 2. The molecular formula is C24H27N5O8S. The van der Waals surface area contributed by atoms with Gasteiger partial charge in [0.15, 0.2) is 18.0 Å². The van der Waals surface area contributed by atoms with Gasteiger partial charge in [0.25, 0.3) is 0 Å². The molecule has 1 aliphatic heterocycles. The van der Waals surface area contributed by atoms with E-state index in [4.69, 9.17) is 18.9 Å². The summed E-state index contributed by atoms with van der Waals surface area (Å²) in [6.07, 6.45) is -3.33. The highest BCUT2D eigenvalue weighted by Crippen LogP contribution is 2.35. The number of fused-ring (bicyclic) bond motifs is 1. The fraction of sp³-hybridized carbons (Fsp3) is 0.417. The Bertz CT molecular complexity index is 1310. The molecule has 1 amide bonds. The molecule has 0 radical (unpaired) electrons. The Kier molecular flexibility index (Phi) is 8.32. The summed E-state index contributed by atoms with van der Waals surface area (Å²) in [7, 11) is 0. The van der Waals surface area contributed by atoms with Crippen molar-refractivity contribution >= 4 is 46.5 Å². The van der Waals surface area contributed by atoms with Gasteiger partial charge in [0.1, 0.15) is 24.2 Å². The maximum absolute atomic E-state index is 12.1. The van der Waals surface area contributed by atoms with Gasteiger partial charge in [-0.15, -0.1) is 5.10 Å². The molecule has 1 aliphatic rings. The van der Waals surface area contributed by atoms with Gasteiger partial charge in [-0.05, 0) is 12.1 Å². The zero-order valence-corrected chi connectivity index (χ0v) is 21.9. The maximum Gasteiger partial charge on any atom is 0.303 e. The van der Waals surface area contributed by atoms with E-state index in [0.29, 0.717) is 11.5 Å². The largest absolute Gasteiger partial charge is 0.463 e. The normalized spacial score (nSPS) is 23.0. The molecule has 202 valence electrons. The van der Waals surface area contributed by atoms with Gasteiger partial charge >= 0.3 is 17.9 Å². The SMILES string of the molecule is CC(=O)N[C@@H]1[C@@H](OC(C)=O)[C@H](OC(C)=O)[C@@H](COC(C)=O)O[C@H]1Sc1n[nH]c(-c2cc3ccccc3[nH]2)n1. The van der Waals surface area contributed by atoms with Crippen molar-refractivity contribution < 1.29 is 38.1 Å². The molecule has 0 aliphatic carbocycles. The van der Waals surface area contributed by atoms with Crippen LogP contribution < -0.4 is 5.32 Å². The van der Waals surface area contributed by atoms with Gasteiger partial charge in [0.05, 0.1) is 5.69 Å².